The van der Waals surface area contributed by atoms with Crippen molar-refractivity contribution in [3.05, 3.63) is 89.5 Å². The standard InChI is InChI=1S/C32H41FN2O4Si/c1-20(2)40(21(3)4,22(5)6)39-31-30(28-27(33)10-9-19-34-28)35(32(31)36)29(23-11-15-25(37-7)16-12-23)24-13-17-26(38-8)18-14-24/h9-22,29-31H,1-8H3/t30-,31+/m0/s1. The van der Waals surface area contributed by atoms with E-state index in [0.717, 1.165) is 11.1 Å². The highest BCUT2D eigenvalue weighted by Crippen LogP contribution is 2.51. The third-order valence-electron chi connectivity index (χ3n) is 8.33. The third-order valence-corrected chi connectivity index (χ3v) is 14.4. The number of rotatable bonds is 11. The van der Waals surface area contributed by atoms with Crippen LogP contribution < -0.4 is 9.47 Å². The van der Waals surface area contributed by atoms with Crippen molar-refractivity contribution in [1.82, 2.24) is 9.88 Å². The maximum Gasteiger partial charge on any atom is 0.254 e. The molecule has 0 bridgehead atoms. The van der Waals surface area contributed by atoms with E-state index in [-0.39, 0.29) is 28.2 Å². The maximum absolute atomic E-state index is 15.4. The lowest BCUT2D eigenvalue weighted by atomic mass is 9.86. The van der Waals surface area contributed by atoms with Crippen molar-refractivity contribution in [2.45, 2.75) is 76.4 Å². The van der Waals surface area contributed by atoms with Crippen LogP contribution in [-0.2, 0) is 9.22 Å². The summed E-state index contributed by atoms with van der Waals surface area (Å²) in [7, 11) is 0.759. The van der Waals surface area contributed by atoms with Crippen molar-refractivity contribution in [2.24, 2.45) is 0 Å². The van der Waals surface area contributed by atoms with Crippen LogP contribution in [0.2, 0.25) is 16.6 Å². The summed E-state index contributed by atoms with van der Waals surface area (Å²) in [5.74, 6) is 0.808. The van der Waals surface area contributed by atoms with E-state index >= 15 is 4.39 Å². The number of likely N-dealkylation sites (tertiary alicyclic amines) is 1. The second-order valence-corrected chi connectivity index (χ2v) is 16.8. The van der Waals surface area contributed by atoms with E-state index in [1.54, 1.807) is 31.4 Å². The molecule has 4 rings (SSSR count). The molecule has 1 aliphatic heterocycles. The van der Waals surface area contributed by atoms with Gasteiger partial charge in [0, 0.05) is 6.20 Å². The fraction of sp³-hybridized carbons (Fsp3) is 0.438. The number of nitrogens with zero attached hydrogens (tertiary/aromatic N) is 2. The van der Waals surface area contributed by atoms with E-state index < -0.39 is 32.3 Å². The van der Waals surface area contributed by atoms with Gasteiger partial charge in [-0.1, -0.05) is 65.8 Å². The van der Waals surface area contributed by atoms with Gasteiger partial charge in [0.1, 0.15) is 29.1 Å². The molecule has 0 aliphatic carbocycles. The summed E-state index contributed by atoms with van der Waals surface area (Å²) >= 11 is 0. The number of amides is 1. The van der Waals surface area contributed by atoms with Gasteiger partial charge in [0.15, 0.2) is 6.10 Å². The van der Waals surface area contributed by atoms with Crippen LogP contribution in [0.15, 0.2) is 66.9 Å². The van der Waals surface area contributed by atoms with Crippen LogP contribution in [0, 0.1) is 5.82 Å². The Kier molecular flexibility index (Phi) is 9.00. The summed E-state index contributed by atoms with van der Waals surface area (Å²) in [6, 6.07) is 17.0. The number of carbonyl (C=O) groups is 1. The molecule has 1 fully saturated rings. The van der Waals surface area contributed by atoms with Crippen LogP contribution in [0.1, 0.15) is 70.4 Å². The Morgan fingerprint density at radius 3 is 1.68 bits per heavy atom. The first-order valence-corrected chi connectivity index (χ1v) is 16.1. The number of hydrogen-bond acceptors (Lipinski definition) is 5. The Morgan fingerprint density at radius 1 is 0.800 bits per heavy atom. The molecule has 6 nitrogen and oxygen atoms in total. The normalized spacial score (nSPS) is 17.6. The number of ether oxygens (including phenoxy) is 2. The molecule has 0 spiro atoms. The zero-order valence-electron chi connectivity index (χ0n) is 24.7. The minimum atomic E-state index is -2.47. The first kappa shape index (κ1) is 29.7. The molecule has 1 aliphatic rings. The summed E-state index contributed by atoms with van der Waals surface area (Å²) in [6.07, 6.45) is 0.756. The zero-order chi connectivity index (χ0) is 29.2. The SMILES string of the molecule is COc1ccc(C(c2ccc(OC)cc2)N2C(=O)[C@H](O[Si](C(C)C)(C(C)C)C(C)C)[C@@H]2c2ncccc2F)cc1. The molecular formula is C32H41FN2O4Si. The van der Waals surface area contributed by atoms with Gasteiger partial charge in [-0.05, 0) is 64.1 Å². The highest BCUT2D eigenvalue weighted by atomic mass is 28.4. The molecule has 0 radical (unpaired) electrons. The molecule has 1 saturated heterocycles. The Bertz CT molecular complexity index is 1230. The Balaban J connectivity index is 1.87. The van der Waals surface area contributed by atoms with Gasteiger partial charge in [-0.25, -0.2) is 4.39 Å². The van der Waals surface area contributed by atoms with E-state index in [9.17, 15) is 4.79 Å². The van der Waals surface area contributed by atoms with Gasteiger partial charge in [-0.15, -0.1) is 0 Å². The number of halogens is 1. The topological polar surface area (TPSA) is 60.9 Å². The number of pyridine rings is 1. The van der Waals surface area contributed by atoms with Crippen LogP contribution in [0.4, 0.5) is 4.39 Å². The minimum absolute atomic E-state index is 0.162. The molecule has 1 amide bonds. The van der Waals surface area contributed by atoms with E-state index in [0.29, 0.717) is 11.5 Å². The number of β-lactam (4-membered cyclic amide) rings is 1. The molecule has 1 aromatic heterocycles. The summed E-state index contributed by atoms with van der Waals surface area (Å²) in [4.78, 5) is 20.4. The fourth-order valence-electron chi connectivity index (χ4n) is 6.49. The average molecular weight is 565 g/mol. The third kappa shape index (κ3) is 5.27. The zero-order valence-corrected chi connectivity index (χ0v) is 25.7. The Hall–Kier alpha value is -3.23. The van der Waals surface area contributed by atoms with Crippen molar-refractivity contribution >= 4 is 14.2 Å². The quantitative estimate of drug-likeness (QED) is 0.179. The summed E-state index contributed by atoms with van der Waals surface area (Å²) in [5, 5.41) is 0. The highest BCUT2D eigenvalue weighted by molar-refractivity contribution is 6.77. The van der Waals surface area contributed by atoms with Gasteiger partial charge in [0.05, 0.1) is 20.3 Å². The first-order valence-electron chi connectivity index (χ1n) is 13.9. The second kappa shape index (κ2) is 12.1. The molecule has 8 heteroatoms. The lowest BCUT2D eigenvalue weighted by Gasteiger charge is -2.55. The van der Waals surface area contributed by atoms with Crippen molar-refractivity contribution in [3.63, 3.8) is 0 Å². The molecule has 2 aromatic carbocycles. The monoisotopic (exact) mass is 564 g/mol. The second-order valence-electron chi connectivity index (χ2n) is 11.4. The maximum atomic E-state index is 15.4. The molecule has 0 N–H and O–H groups in total. The van der Waals surface area contributed by atoms with Crippen LogP contribution >= 0.6 is 0 Å². The molecule has 2 heterocycles. The number of hydrogen-bond donors (Lipinski definition) is 0. The van der Waals surface area contributed by atoms with Crippen molar-refractivity contribution in [2.75, 3.05) is 14.2 Å². The largest absolute Gasteiger partial charge is 0.497 e. The van der Waals surface area contributed by atoms with Crippen LogP contribution in [0.5, 0.6) is 11.5 Å². The van der Waals surface area contributed by atoms with E-state index in [1.165, 1.54) is 6.07 Å². The summed E-state index contributed by atoms with van der Waals surface area (Å²) in [5.41, 5.74) is 2.77. The molecule has 214 valence electrons. The van der Waals surface area contributed by atoms with Gasteiger partial charge in [-0.2, -0.15) is 0 Å². The van der Waals surface area contributed by atoms with Crippen LogP contribution in [0.3, 0.4) is 0 Å². The predicted octanol–water partition coefficient (Wildman–Crippen LogP) is 7.47. The van der Waals surface area contributed by atoms with Crippen molar-refractivity contribution in [1.29, 1.82) is 0 Å². The van der Waals surface area contributed by atoms with Crippen molar-refractivity contribution in [3.8, 4) is 11.5 Å². The van der Waals surface area contributed by atoms with Gasteiger partial charge in [0.25, 0.3) is 5.91 Å². The average Bonchev–Trinajstić information content (AvgIpc) is 2.94. The van der Waals surface area contributed by atoms with Gasteiger partial charge in [-0.3, -0.25) is 9.78 Å². The lowest BCUT2D eigenvalue weighted by molar-refractivity contribution is -0.170. The molecule has 3 aromatic rings. The number of benzene rings is 2. The van der Waals surface area contributed by atoms with E-state index in [2.05, 4.69) is 46.5 Å². The van der Waals surface area contributed by atoms with Gasteiger partial charge in [0.2, 0.25) is 8.32 Å². The van der Waals surface area contributed by atoms with Crippen LogP contribution in [0.25, 0.3) is 0 Å². The molecule has 40 heavy (non-hydrogen) atoms. The van der Waals surface area contributed by atoms with Gasteiger partial charge >= 0.3 is 0 Å². The smallest absolute Gasteiger partial charge is 0.254 e. The van der Waals surface area contributed by atoms with Crippen LogP contribution in [-0.4, -0.2) is 44.4 Å². The molecule has 2 atom stereocenters. The molecular weight excluding hydrogens is 523 g/mol. The fourth-order valence-corrected chi connectivity index (χ4v) is 12.0. The molecule has 0 saturated carbocycles. The van der Waals surface area contributed by atoms with Gasteiger partial charge < -0.3 is 18.8 Å². The minimum Gasteiger partial charge on any atom is -0.497 e. The van der Waals surface area contributed by atoms with Crippen molar-refractivity contribution < 1.29 is 23.1 Å². The summed E-state index contributed by atoms with van der Waals surface area (Å²) in [6.45, 7) is 13.1. The number of aromatic nitrogens is 1. The summed E-state index contributed by atoms with van der Waals surface area (Å²) < 4.78 is 33.2. The van der Waals surface area contributed by atoms with E-state index in [1.807, 2.05) is 48.5 Å². The molecule has 0 unspecified atom stereocenters. The van der Waals surface area contributed by atoms with E-state index in [4.69, 9.17) is 13.9 Å². The Labute approximate surface area is 238 Å². The number of carbonyl (C=O) groups excluding carboxylic acids is 1. The lowest BCUT2D eigenvalue weighted by Crippen LogP contribution is -2.65. The Morgan fingerprint density at radius 2 is 1.27 bits per heavy atom. The number of methoxy groups -OCH3 is 2. The highest BCUT2D eigenvalue weighted by Gasteiger charge is 2.58. The predicted molar refractivity (Wildman–Crippen MR) is 158 cm³/mol. The first-order chi connectivity index (χ1) is 19.1.